The second kappa shape index (κ2) is 10.4. The fourth-order valence-electron chi connectivity index (χ4n) is 0.118. The van der Waals surface area contributed by atoms with Gasteiger partial charge >= 0.3 is 5.97 Å². The molecular weight excluding hydrogens is 124 g/mol. The van der Waals surface area contributed by atoms with Crippen molar-refractivity contribution in [2.75, 3.05) is 13.4 Å². The number of hydrogen-bond acceptors (Lipinski definition) is 4. The molecule has 0 amide bonds. The van der Waals surface area contributed by atoms with Gasteiger partial charge in [0, 0.05) is 0 Å². The minimum absolute atomic E-state index is 0. The van der Waals surface area contributed by atoms with E-state index in [9.17, 15) is 4.79 Å². The van der Waals surface area contributed by atoms with Crippen LogP contribution in [0.1, 0.15) is 14.9 Å². The number of rotatable bonds is 2. The van der Waals surface area contributed by atoms with E-state index in [-0.39, 0.29) is 14.9 Å². The van der Waals surface area contributed by atoms with E-state index in [0.29, 0.717) is 0 Å². The molecule has 0 aliphatic carbocycles. The zero-order chi connectivity index (χ0) is 5.70. The quantitative estimate of drug-likeness (QED) is 0.407. The van der Waals surface area contributed by atoms with Crippen LogP contribution < -0.4 is 0 Å². The molecule has 0 heterocycles. The van der Waals surface area contributed by atoms with Crippen LogP contribution in [0.2, 0.25) is 0 Å². The van der Waals surface area contributed by atoms with E-state index >= 15 is 0 Å². The number of carbonyl (C=O) groups is 1. The summed E-state index contributed by atoms with van der Waals surface area (Å²) in [6, 6.07) is 0. The fourth-order valence-corrected chi connectivity index (χ4v) is 0.118. The average molecular weight is 138 g/mol. The van der Waals surface area contributed by atoms with Crippen LogP contribution in [0.15, 0.2) is 0 Å². The molecule has 9 heavy (non-hydrogen) atoms. The van der Waals surface area contributed by atoms with Crippen molar-refractivity contribution in [3.63, 3.8) is 0 Å². The molecule has 0 rings (SSSR count). The molecule has 58 valence electrons. The Balaban J connectivity index is -0.000000180. The first-order chi connectivity index (χ1) is 3.31. The molecule has 0 saturated carbocycles. The van der Waals surface area contributed by atoms with Gasteiger partial charge in [-0.1, -0.05) is 14.9 Å². The summed E-state index contributed by atoms with van der Waals surface area (Å²) in [6.07, 6.45) is 0. The smallest absolute Gasteiger partial charge is 0.333 e. The Morgan fingerprint density at radius 2 is 1.78 bits per heavy atom. The zero-order valence-electron chi connectivity index (χ0n) is 3.63. The van der Waals surface area contributed by atoms with Crippen LogP contribution >= 0.6 is 0 Å². The van der Waals surface area contributed by atoms with Gasteiger partial charge in [-0.2, -0.15) is 0 Å². The minimum Gasteiger partial charge on any atom is -0.437 e. The standard InChI is InChI=1S/C3H6O4.2CH4/c4-1-3(6)7-2-5;;/h4-5H,1-2H2;2*1H4. The molecule has 4 heteroatoms. The summed E-state index contributed by atoms with van der Waals surface area (Å²) in [5, 5.41) is 15.7. The SMILES string of the molecule is C.C.O=C(CO)OCO. The van der Waals surface area contributed by atoms with Crippen LogP contribution in [0.3, 0.4) is 0 Å². The number of aliphatic hydroxyl groups excluding tert-OH is 2. The van der Waals surface area contributed by atoms with E-state index in [0.717, 1.165) is 0 Å². The Morgan fingerprint density at radius 1 is 1.33 bits per heavy atom. The van der Waals surface area contributed by atoms with Gasteiger partial charge in [-0.25, -0.2) is 4.79 Å². The van der Waals surface area contributed by atoms with Crippen molar-refractivity contribution < 1.29 is 19.7 Å². The van der Waals surface area contributed by atoms with E-state index < -0.39 is 19.4 Å². The molecule has 0 saturated heterocycles. The van der Waals surface area contributed by atoms with E-state index in [1.807, 2.05) is 0 Å². The minimum atomic E-state index is -0.817. The van der Waals surface area contributed by atoms with Crippen LogP contribution in [0, 0.1) is 0 Å². The van der Waals surface area contributed by atoms with Gasteiger partial charge in [-0.05, 0) is 0 Å². The lowest BCUT2D eigenvalue weighted by Crippen LogP contribution is -2.08. The van der Waals surface area contributed by atoms with E-state index in [2.05, 4.69) is 4.74 Å². The highest BCUT2D eigenvalue weighted by molar-refractivity contribution is 5.70. The molecular formula is C5H14O4. The van der Waals surface area contributed by atoms with Crippen LogP contribution in [0.25, 0.3) is 0 Å². The molecule has 0 spiro atoms. The summed E-state index contributed by atoms with van der Waals surface area (Å²) in [7, 11) is 0. The van der Waals surface area contributed by atoms with Gasteiger partial charge in [0.25, 0.3) is 0 Å². The van der Waals surface area contributed by atoms with E-state index in [4.69, 9.17) is 10.2 Å². The molecule has 0 unspecified atom stereocenters. The molecule has 2 N–H and O–H groups in total. The summed E-state index contributed by atoms with van der Waals surface area (Å²) in [6.45, 7) is -1.35. The number of carbonyl (C=O) groups excluding carboxylic acids is 1. The lowest BCUT2D eigenvalue weighted by Gasteiger charge is -1.92. The van der Waals surface area contributed by atoms with Crippen LogP contribution in [-0.2, 0) is 9.53 Å². The molecule has 0 aliphatic rings. The van der Waals surface area contributed by atoms with Gasteiger partial charge in [-0.15, -0.1) is 0 Å². The monoisotopic (exact) mass is 138 g/mol. The number of ether oxygens (including phenoxy) is 1. The van der Waals surface area contributed by atoms with E-state index in [1.165, 1.54) is 0 Å². The zero-order valence-corrected chi connectivity index (χ0v) is 3.63. The number of hydrogen-bond donors (Lipinski definition) is 2. The van der Waals surface area contributed by atoms with Gasteiger partial charge in [0.1, 0.15) is 6.61 Å². The molecule has 0 bridgehead atoms. The van der Waals surface area contributed by atoms with Gasteiger partial charge < -0.3 is 14.9 Å². The highest BCUT2D eigenvalue weighted by atomic mass is 16.6. The second-order valence-corrected chi connectivity index (χ2v) is 0.804. The molecule has 0 radical (unpaired) electrons. The molecule has 0 aromatic heterocycles. The van der Waals surface area contributed by atoms with Crippen molar-refractivity contribution in [3.05, 3.63) is 0 Å². The lowest BCUT2D eigenvalue weighted by atomic mass is 10.8. The van der Waals surface area contributed by atoms with Crippen molar-refractivity contribution in [3.8, 4) is 0 Å². The van der Waals surface area contributed by atoms with E-state index in [1.54, 1.807) is 0 Å². The van der Waals surface area contributed by atoms with Gasteiger partial charge in [0.05, 0.1) is 0 Å². The van der Waals surface area contributed by atoms with Crippen molar-refractivity contribution in [2.24, 2.45) is 0 Å². The third kappa shape index (κ3) is 11.1. The van der Waals surface area contributed by atoms with Crippen LogP contribution in [0.4, 0.5) is 0 Å². The third-order valence-electron chi connectivity index (χ3n) is 0.355. The summed E-state index contributed by atoms with van der Waals surface area (Å²) in [4.78, 5) is 9.78. The Labute approximate surface area is 55.1 Å². The topological polar surface area (TPSA) is 66.8 Å². The molecule has 0 atom stereocenters. The number of aliphatic hydroxyl groups is 2. The summed E-state index contributed by atoms with van der Waals surface area (Å²) in [5.41, 5.74) is 0. The maximum Gasteiger partial charge on any atom is 0.333 e. The molecule has 4 nitrogen and oxygen atoms in total. The Bertz CT molecular complexity index is 62.0. The normalized spacial score (nSPS) is 6.44. The van der Waals surface area contributed by atoms with Gasteiger partial charge in [-0.3, -0.25) is 0 Å². The first-order valence-corrected chi connectivity index (χ1v) is 1.68. The maximum atomic E-state index is 9.78. The predicted octanol–water partition coefficient (Wildman–Crippen LogP) is -0.256. The first kappa shape index (κ1) is 15.8. The maximum absolute atomic E-state index is 9.78. The highest BCUT2D eigenvalue weighted by Crippen LogP contribution is 1.69. The lowest BCUT2D eigenvalue weighted by molar-refractivity contribution is -0.154. The van der Waals surface area contributed by atoms with Crippen molar-refractivity contribution in [2.45, 2.75) is 14.9 Å². The molecule has 0 aromatic rings. The van der Waals surface area contributed by atoms with Crippen molar-refractivity contribution in [1.29, 1.82) is 0 Å². The molecule has 0 aliphatic heterocycles. The first-order valence-electron chi connectivity index (χ1n) is 1.68. The summed E-state index contributed by atoms with van der Waals surface area (Å²) >= 11 is 0. The highest BCUT2D eigenvalue weighted by Gasteiger charge is 1.93. The Hall–Kier alpha value is -0.610. The van der Waals surface area contributed by atoms with Crippen molar-refractivity contribution >= 4 is 5.97 Å². The Morgan fingerprint density at radius 3 is 1.89 bits per heavy atom. The van der Waals surface area contributed by atoms with Crippen LogP contribution in [-0.4, -0.2) is 29.6 Å². The summed E-state index contributed by atoms with van der Waals surface area (Å²) < 4.78 is 3.86. The fraction of sp³-hybridized carbons (Fsp3) is 0.800. The predicted molar refractivity (Wildman–Crippen MR) is 33.7 cm³/mol. The largest absolute Gasteiger partial charge is 0.437 e. The third-order valence-corrected chi connectivity index (χ3v) is 0.355. The van der Waals surface area contributed by atoms with Crippen molar-refractivity contribution in [1.82, 2.24) is 0 Å². The number of esters is 1. The van der Waals surface area contributed by atoms with Gasteiger partial charge in [0.15, 0.2) is 6.79 Å². The Kier molecular flexibility index (Phi) is 18.2. The summed E-state index contributed by atoms with van der Waals surface area (Å²) in [5.74, 6) is -0.817. The molecule has 0 fully saturated rings. The average Bonchev–Trinajstić information content (AvgIpc) is 1.68. The van der Waals surface area contributed by atoms with Gasteiger partial charge in [0.2, 0.25) is 0 Å². The molecule has 0 aromatic carbocycles. The second-order valence-electron chi connectivity index (χ2n) is 0.804. The van der Waals surface area contributed by atoms with Crippen LogP contribution in [0.5, 0.6) is 0 Å².